The number of ketones is 1. The van der Waals surface area contributed by atoms with E-state index in [0.29, 0.717) is 12.2 Å². The summed E-state index contributed by atoms with van der Waals surface area (Å²) in [7, 11) is 5.77. The van der Waals surface area contributed by atoms with Crippen molar-refractivity contribution in [2.75, 3.05) is 27.7 Å². The van der Waals surface area contributed by atoms with Gasteiger partial charge < -0.3 is 10.2 Å². The fraction of sp³-hybridized carbons (Fsp3) is 0.636. The zero-order chi connectivity index (χ0) is 13.0. The first kappa shape index (κ1) is 14.3. The second kappa shape index (κ2) is 6.28. The third-order valence-corrected chi connectivity index (χ3v) is 3.19. The lowest BCUT2D eigenvalue weighted by atomic mass is 10.1. The monoisotopic (exact) mass is 302 g/mol. The molecule has 1 atom stereocenters. The van der Waals surface area contributed by atoms with Gasteiger partial charge in [0.15, 0.2) is 5.78 Å². The normalized spacial score (nSPS) is 13.1. The Balaban J connectivity index is 2.90. The van der Waals surface area contributed by atoms with Gasteiger partial charge in [0.1, 0.15) is 5.69 Å². The number of Topliss-reactive ketones (excluding diaryl/α,β-unsaturated/α-hetero) is 1. The van der Waals surface area contributed by atoms with Gasteiger partial charge >= 0.3 is 0 Å². The van der Waals surface area contributed by atoms with Crippen LogP contribution in [0.1, 0.15) is 17.4 Å². The molecule has 0 aliphatic carbocycles. The molecule has 1 rings (SSSR count). The molecule has 6 heteroatoms. The molecule has 0 radical (unpaired) electrons. The second-order valence-corrected chi connectivity index (χ2v) is 5.10. The van der Waals surface area contributed by atoms with Gasteiger partial charge in [-0.25, -0.2) is 0 Å². The standard InChI is InChI=1S/C11H19BrN4O/c1-8(13-2)11(17)10-9(12)7-14-16(10)6-5-15(3)4/h7-8,13H,5-6H2,1-4H3. The third kappa shape index (κ3) is 3.62. The number of aromatic nitrogens is 2. The Morgan fingerprint density at radius 2 is 2.29 bits per heavy atom. The van der Waals surface area contributed by atoms with Gasteiger partial charge in [-0.15, -0.1) is 0 Å². The van der Waals surface area contributed by atoms with Crippen LogP contribution in [-0.2, 0) is 6.54 Å². The number of nitrogens with one attached hydrogen (secondary N) is 1. The Hall–Kier alpha value is -0.720. The molecule has 5 nitrogen and oxygen atoms in total. The number of nitrogens with zero attached hydrogens (tertiary/aromatic N) is 3. The van der Waals surface area contributed by atoms with Crippen molar-refractivity contribution in [3.8, 4) is 0 Å². The second-order valence-electron chi connectivity index (χ2n) is 4.24. The number of carbonyl (C=O) groups excluding carboxylic acids is 1. The van der Waals surface area contributed by atoms with Gasteiger partial charge in [0.05, 0.1) is 23.3 Å². The molecule has 0 aliphatic heterocycles. The largest absolute Gasteiger partial charge is 0.310 e. The van der Waals surface area contributed by atoms with E-state index in [1.54, 1.807) is 17.9 Å². The maximum Gasteiger partial charge on any atom is 0.198 e. The fourth-order valence-electron chi connectivity index (χ4n) is 1.41. The minimum Gasteiger partial charge on any atom is -0.310 e. The summed E-state index contributed by atoms with van der Waals surface area (Å²) in [5.74, 6) is 0.0515. The molecule has 0 bridgehead atoms. The first-order valence-corrected chi connectivity index (χ1v) is 6.34. The van der Waals surface area contributed by atoms with Gasteiger partial charge in [-0.1, -0.05) is 0 Å². The molecule has 0 fully saturated rings. The van der Waals surface area contributed by atoms with E-state index in [1.165, 1.54) is 0 Å². The average Bonchev–Trinajstić information content (AvgIpc) is 2.65. The van der Waals surface area contributed by atoms with Crippen LogP contribution >= 0.6 is 15.9 Å². The van der Waals surface area contributed by atoms with E-state index in [4.69, 9.17) is 0 Å². The lowest BCUT2D eigenvalue weighted by molar-refractivity contribution is 0.0942. The van der Waals surface area contributed by atoms with E-state index < -0.39 is 0 Å². The summed E-state index contributed by atoms with van der Waals surface area (Å²) in [5.41, 5.74) is 0.633. The lowest BCUT2D eigenvalue weighted by Gasteiger charge is -2.14. The van der Waals surface area contributed by atoms with E-state index in [-0.39, 0.29) is 11.8 Å². The van der Waals surface area contributed by atoms with Crippen LogP contribution in [0.5, 0.6) is 0 Å². The SMILES string of the molecule is CNC(C)C(=O)c1c(Br)cnn1CCN(C)C. The summed E-state index contributed by atoms with van der Waals surface area (Å²) in [4.78, 5) is 14.2. The zero-order valence-corrected chi connectivity index (χ0v) is 12.3. The third-order valence-electron chi connectivity index (χ3n) is 2.61. The van der Waals surface area contributed by atoms with Gasteiger partial charge in [-0.2, -0.15) is 5.10 Å². The highest BCUT2D eigenvalue weighted by atomic mass is 79.9. The molecule has 0 aliphatic rings. The van der Waals surface area contributed by atoms with Gasteiger partial charge in [0.2, 0.25) is 0 Å². The summed E-state index contributed by atoms with van der Waals surface area (Å²) >= 11 is 3.38. The molecule has 1 aromatic rings. The Morgan fingerprint density at radius 1 is 1.65 bits per heavy atom. The molecule has 96 valence electrons. The first-order chi connectivity index (χ1) is 7.97. The van der Waals surface area contributed by atoms with Crippen LogP contribution in [0, 0.1) is 0 Å². The van der Waals surface area contributed by atoms with Crippen LogP contribution in [0.2, 0.25) is 0 Å². The number of hydrogen-bond donors (Lipinski definition) is 1. The Kier molecular flexibility index (Phi) is 5.30. The molecule has 0 aromatic carbocycles. The molecule has 0 spiro atoms. The van der Waals surface area contributed by atoms with Gasteiger partial charge in [0, 0.05) is 6.54 Å². The van der Waals surface area contributed by atoms with Crippen molar-refractivity contribution >= 4 is 21.7 Å². The van der Waals surface area contributed by atoms with Crippen LogP contribution in [0.3, 0.4) is 0 Å². The van der Waals surface area contributed by atoms with Crippen LogP contribution in [-0.4, -0.2) is 54.2 Å². The fourth-order valence-corrected chi connectivity index (χ4v) is 1.90. The molecule has 0 saturated carbocycles. The smallest absolute Gasteiger partial charge is 0.198 e. The molecular weight excluding hydrogens is 284 g/mol. The quantitative estimate of drug-likeness (QED) is 0.797. The first-order valence-electron chi connectivity index (χ1n) is 5.55. The van der Waals surface area contributed by atoms with Crippen LogP contribution in [0.25, 0.3) is 0 Å². The number of likely N-dealkylation sites (N-methyl/N-ethyl adjacent to an activating group) is 2. The van der Waals surface area contributed by atoms with E-state index in [2.05, 4.69) is 31.2 Å². The van der Waals surface area contributed by atoms with E-state index >= 15 is 0 Å². The Bertz CT molecular complexity index is 389. The maximum absolute atomic E-state index is 12.2. The van der Waals surface area contributed by atoms with Crippen molar-refractivity contribution in [1.29, 1.82) is 0 Å². The van der Waals surface area contributed by atoms with Gasteiger partial charge in [-0.3, -0.25) is 9.48 Å². The Morgan fingerprint density at radius 3 is 2.82 bits per heavy atom. The summed E-state index contributed by atoms with van der Waals surface area (Å²) in [6.07, 6.45) is 1.67. The minimum absolute atomic E-state index is 0.0515. The summed E-state index contributed by atoms with van der Waals surface area (Å²) in [6.45, 7) is 3.40. The highest BCUT2D eigenvalue weighted by Gasteiger charge is 2.21. The van der Waals surface area contributed by atoms with Crippen LogP contribution in [0.15, 0.2) is 10.7 Å². The highest BCUT2D eigenvalue weighted by molar-refractivity contribution is 9.10. The van der Waals surface area contributed by atoms with Gasteiger partial charge in [-0.05, 0) is 44.0 Å². The predicted molar refractivity (Wildman–Crippen MR) is 71.3 cm³/mol. The van der Waals surface area contributed by atoms with Crippen molar-refractivity contribution < 1.29 is 4.79 Å². The van der Waals surface area contributed by atoms with Crippen LogP contribution in [0.4, 0.5) is 0 Å². The molecule has 1 aromatic heterocycles. The average molecular weight is 303 g/mol. The van der Waals surface area contributed by atoms with Crippen molar-refractivity contribution in [2.45, 2.75) is 19.5 Å². The van der Waals surface area contributed by atoms with E-state index in [1.807, 2.05) is 21.0 Å². The van der Waals surface area contributed by atoms with Crippen LogP contribution < -0.4 is 5.32 Å². The minimum atomic E-state index is -0.207. The molecule has 0 saturated heterocycles. The summed E-state index contributed by atoms with van der Waals surface area (Å²) < 4.78 is 2.50. The van der Waals surface area contributed by atoms with Crippen molar-refractivity contribution in [3.05, 3.63) is 16.4 Å². The number of rotatable bonds is 6. The van der Waals surface area contributed by atoms with Crippen molar-refractivity contribution in [3.63, 3.8) is 0 Å². The highest BCUT2D eigenvalue weighted by Crippen LogP contribution is 2.17. The number of hydrogen-bond acceptors (Lipinski definition) is 4. The molecule has 1 heterocycles. The Labute approximate surface area is 110 Å². The molecule has 0 amide bonds. The van der Waals surface area contributed by atoms with Gasteiger partial charge in [0.25, 0.3) is 0 Å². The van der Waals surface area contributed by atoms with Crippen molar-refractivity contribution in [2.24, 2.45) is 0 Å². The number of halogens is 1. The lowest BCUT2D eigenvalue weighted by Crippen LogP contribution is -2.33. The summed E-state index contributed by atoms with van der Waals surface area (Å²) in [5, 5.41) is 7.17. The number of carbonyl (C=O) groups is 1. The maximum atomic E-state index is 12.2. The zero-order valence-electron chi connectivity index (χ0n) is 10.7. The topological polar surface area (TPSA) is 50.2 Å². The molecule has 17 heavy (non-hydrogen) atoms. The van der Waals surface area contributed by atoms with E-state index in [0.717, 1.165) is 11.0 Å². The molecular formula is C11H19BrN4O. The van der Waals surface area contributed by atoms with Crippen molar-refractivity contribution in [1.82, 2.24) is 20.0 Å². The summed E-state index contributed by atoms with van der Waals surface area (Å²) in [6, 6.07) is -0.207. The van der Waals surface area contributed by atoms with E-state index in [9.17, 15) is 4.79 Å². The molecule has 1 N–H and O–H groups in total. The molecule has 1 unspecified atom stereocenters. The predicted octanol–water partition coefficient (Wildman–Crippen LogP) is 0.998.